The molecule has 152 valence electrons. The number of nitrogens with zero attached hydrogens (tertiary/aromatic N) is 1. The Bertz CT molecular complexity index is 1130. The second-order valence-electron chi connectivity index (χ2n) is 6.75. The molecule has 2 amide bonds. The van der Waals surface area contributed by atoms with Gasteiger partial charge in [0.2, 0.25) is 5.91 Å². The summed E-state index contributed by atoms with van der Waals surface area (Å²) >= 11 is 6.45. The Kier molecular flexibility index (Phi) is 5.87. The largest absolute Gasteiger partial charge is 0.469 e. The Hall–Kier alpha value is -3.10. The first-order valence-corrected chi connectivity index (χ1v) is 10.4. The van der Waals surface area contributed by atoms with E-state index in [4.69, 9.17) is 21.1 Å². The second kappa shape index (κ2) is 8.73. The van der Waals surface area contributed by atoms with Gasteiger partial charge in [-0.1, -0.05) is 36.1 Å². The normalized spacial score (nSPS) is 15.2. The van der Waals surface area contributed by atoms with Gasteiger partial charge < -0.3 is 14.2 Å². The van der Waals surface area contributed by atoms with Crippen molar-refractivity contribution >= 4 is 51.9 Å². The van der Waals surface area contributed by atoms with Gasteiger partial charge in [0.15, 0.2) is 0 Å². The lowest BCUT2D eigenvalue weighted by Crippen LogP contribution is -2.36. The molecule has 0 aliphatic carbocycles. The molecule has 0 spiro atoms. The zero-order valence-electron chi connectivity index (χ0n) is 16.1. The van der Waals surface area contributed by atoms with Gasteiger partial charge in [-0.2, -0.15) is 0 Å². The molecule has 2 aromatic heterocycles. The molecule has 1 aliphatic rings. The third kappa shape index (κ3) is 4.72. The van der Waals surface area contributed by atoms with Crippen molar-refractivity contribution in [3.8, 4) is 0 Å². The Morgan fingerprint density at radius 2 is 2.07 bits per heavy atom. The maximum Gasteiger partial charge on any atom is 0.266 e. The zero-order valence-corrected chi connectivity index (χ0v) is 17.7. The van der Waals surface area contributed by atoms with Gasteiger partial charge in [-0.25, -0.2) is 0 Å². The molecule has 3 heterocycles. The number of thioether (sulfide) groups is 1. The monoisotopic (exact) mass is 438 g/mol. The van der Waals surface area contributed by atoms with Gasteiger partial charge in [0, 0.05) is 11.8 Å². The number of furan rings is 2. The van der Waals surface area contributed by atoms with Crippen LogP contribution in [0.5, 0.6) is 0 Å². The molecule has 0 atom stereocenters. The minimum Gasteiger partial charge on any atom is -0.469 e. The Morgan fingerprint density at radius 3 is 2.83 bits per heavy atom. The summed E-state index contributed by atoms with van der Waals surface area (Å²) in [5.74, 6) is 1.44. The smallest absolute Gasteiger partial charge is 0.266 e. The maximum absolute atomic E-state index is 12.7. The van der Waals surface area contributed by atoms with Gasteiger partial charge in [0.1, 0.15) is 28.1 Å². The molecule has 1 fully saturated rings. The van der Waals surface area contributed by atoms with E-state index in [0.717, 1.165) is 28.8 Å². The van der Waals surface area contributed by atoms with E-state index in [9.17, 15) is 9.59 Å². The van der Waals surface area contributed by atoms with Crippen LogP contribution in [-0.2, 0) is 16.0 Å². The average Bonchev–Trinajstić information content (AvgIpc) is 3.42. The minimum absolute atomic E-state index is 0.141. The van der Waals surface area contributed by atoms with Gasteiger partial charge in [-0.15, -0.1) is 0 Å². The molecule has 30 heavy (non-hydrogen) atoms. The Balaban J connectivity index is 1.41. The van der Waals surface area contributed by atoms with Crippen LogP contribution in [0.3, 0.4) is 0 Å². The number of carbonyl (C=O) groups is 2. The van der Waals surface area contributed by atoms with Crippen LogP contribution >= 0.6 is 24.0 Å². The van der Waals surface area contributed by atoms with Gasteiger partial charge in [0.05, 0.1) is 17.6 Å². The van der Waals surface area contributed by atoms with E-state index in [0.29, 0.717) is 27.1 Å². The van der Waals surface area contributed by atoms with E-state index in [1.165, 1.54) is 4.90 Å². The molecule has 3 aromatic rings. The van der Waals surface area contributed by atoms with Gasteiger partial charge in [0.25, 0.3) is 5.91 Å². The summed E-state index contributed by atoms with van der Waals surface area (Å²) in [6.45, 7) is 1.80. The SMILES string of the molecule is Cc1cccc(NC(=O)CN2C(=O)/C(=C/c3ccc(Cc4ccco4)o3)SC2=S)c1. The number of hydrogen-bond acceptors (Lipinski definition) is 6. The summed E-state index contributed by atoms with van der Waals surface area (Å²) in [5, 5.41) is 2.79. The number of rotatable bonds is 6. The van der Waals surface area contributed by atoms with Crippen molar-refractivity contribution in [2.45, 2.75) is 13.3 Å². The van der Waals surface area contributed by atoms with E-state index >= 15 is 0 Å². The van der Waals surface area contributed by atoms with E-state index in [-0.39, 0.29) is 18.4 Å². The second-order valence-corrected chi connectivity index (χ2v) is 8.42. The summed E-state index contributed by atoms with van der Waals surface area (Å²) in [4.78, 5) is 26.8. The highest BCUT2D eigenvalue weighted by atomic mass is 32.2. The van der Waals surface area contributed by atoms with Crippen molar-refractivity contribution in [3.63, 3.8) is 0 Å². The lowest BCUT2D eigenvalue weighted by Gasteiger charge is -2.14. The number of nitrogens with one attached hydrogen (secondary N) is 1. The molecule has 0 unspecified atom stereocenters. The molecule has 0 radical (unpaired) electrons. The molecule has 1 N–H and O–H groups in total. The van der Waals surface area contributed by atoms with Crippen molar-refractivity contribution in [3.05, 3.63) is 82.5 Å². The van der Waals surface area contributed by atoms with Crippen LogP contribution in [0.2, 0.25) is 0 Å². The summed E-state index contributed by atoms with van der Waals surface area (Å²) < 4.78 is 11.4. The molecule has 0 bridgehead atoms. The van der Waals surface area contributed by atoms with E-state index in [2.05, 4.69) is 5.32 Å². The molecule has 0 saturated carbocycles. The number of hydrogen-bond donors (Lipinski definition) is 1. The zero-order chi connectivity index (χ0) is 21.1. The lowest BCUT2D eigenvalue weighted by molar-refractivity contribution is -0.126. The minimum atomic E-state index is -0.312. The van der Waals surface area contributed by atoms with Crippen molar-refractivity contribution in [2.24, 2.45) is 0 Å². The number of thiocarbonyl (C=S) groups is 1. The molecule has 4 rings (SSSR count). The molecular weight excluding hydrogens is 420 g/mol. The van der Waals surface area contributed by atoms with Crippen LogP contribution < -0.4 is 5.32 Å². The van der Waals surface area contributed by atoms with E-state index in [1.807, 2.05) is 43.3 Å². The Labute approximate surface area is 182 Å². The lowest BCUT2D eigenvalue weighted by atomic mass is 10.2. The summed E-state index contributed by atoms with van der Waals surface area (Å²) in [6.07, 6.45) is 3.78. The molecule has 8 heteroatoms. The number of carbonyl (C=O) groups excluding carboxylic acids is 2. The first-order chi connectivity index (χ1) is 14.5. The van der Waals surface area contributed by atoms with Crippen LogP contribution in [0, 0.1) is 6.92 Å². The fraction of sp³-hybridized carbons (Fsp3) is 0.136. The highest BCUT2D eigenvalue weighted by Gasteiger charge is 2.33. The van der Waals surface area contributed by atoms with Crippen LogP contribution in [0.25, 0.3) is 6.08 Å². The molecule has 1 aromatic carbocycles. The van der Waals surface area contributed by atoms with Crippen molar-refractivity contribution < 1.29 is 18.4 Å². The number of amides is 2. The van der Waals surface area contributed by atoms with Crippen LogP contribution in [-0.4, -0.2) is 27.6 Å². The quantitative estimate of drug-likeness (QED) is 0.447. The van der Waals surface area contributed by atoms with Crippen molar-refractivity contribution in [2.75, 3.05) is 11.9 Å². The van der Waals surface area contributed by atoms with E-state index in [1.54, 1.807) is 24.5 Å². The highest BCUT2D eigenvalue weighted by molar-refractivity contribution is 8.26. The predicted octanol–water partition coefficient (Wildman–Crippen LogP) is 4.61. The summed E-state index contributed by atoms with van der Waals surface area (Å²) in [6, 6.07) is 14.8. The van der Waals surface area contributed by atoms with Crippen LogP contribution in [0.1, 0.15) is 22.8 Å². The number of benzene rings is 1. The van der Waals surface area contributed by atoms with Crippen LogP contribution in [0.15, 0.2) is 68.5 Å². The number of aryl methyl sites for hydroxylation is 1. The number of anilines is 1. The summed E-state index contributed by atoms with van der Waals surface area (Å²) in [7, 11) is 0. The molecule has 6 nitrogen and oxygen atoms in total. The summed E-state index contributed by atoms with van der Waals surface area (Å²) in [5.41, 5.74) is 1.71. The van der Waals surface area contributed by atoms with Gasteiger partial charge in [-0.05, 0) is 48.9 Å². The fourth-order valence-corrected chi connectivity index (χ4v) is 4.22. The average molecular weight is 439 g/mol. The van der Waals surface area contributed by atoms with Crippen molar-refractivity contribution in [1.29, 1.82) is 0 Å². The van der Waals surface area contributed by atoms with Crippen molar-refractivity contribution in [1.82, 2.24) is 4.90 Å². The van der Waals surface area contributed by atoms with Gasteiger partial charge >= 0.3 is 0 Å². The molecule has 1 aliphatic heterocycles. The molecule has 1 saturated heterocycles. The van der Waals surface area contributed by atoms with Crippen LogP contribution in [0.4, 0.5) is 5.69 Å². The van der Waals surface area contributed by atoms with Gasteiger partial charge in [-0.3, -0.25) is 14.5 Å². The first kappa shape index (κ1) is 20.2. The van der Waals surface area contributed by atoms with E-state index < -0.39 is 0 Å². The molecular formula is C22H18N2O4S2. The maximum atomic E-state index is 12.7. The first-order valence-electron chi connectivity index (χ1n) is 9.21. The third-order valence-electron chi connectivity index (χ3n) is 4.36. The Morgan fingerprint density at radius 1 is 1.20 bits per heavy atom. The predicted molar refractivity (Wildman–Crippen MR) is 120 cm³/mol. The third-order valence-corrected chi connectivity index (χ3v) is 5.74. The standard InChI is InChI=1S/C22H18N2O4S2/c1-14-4-2-5-15(10-14)23-20(25)13-24-21(26)19(30-22(24)29)12-18-8-7-17(28-18)11-16-6-3-9-27-16/h2-10,12H,11,13H2,1H3,(H,23,25)/b19-12-. The highest BCUT2D eigenvalue weighted by Crippen LogP contribution is 2.32. The fourth-order valence-electron chi connectivity index (χ4n) is 2.98. The topological polar surface area (TPSA) is 75.7 Å².